The van der Waals surface area contributed by atoms with Crippen LogP contribution in [-0.2, 0) is 16.9 Å². The van der Waals surface area contributed by atoms with E-state index in [-0.39, 0.29) is 23.0 Å². The van der Waals surface area contributed by atoms with Crippen LogP contribution >= 0.6 is 11.8 Å². The summed E-state index contributed by atoms with van der Waals surface area (Å²) in [6.07, 6.45) is 1.38. The number of hydrogen-bond acceptors (Lipinski definition) is 6. The molecule has 1 aromatic rings. The van der Waals surface area contributed by atoms with E-state index in [1.807, 2.05) is 0 Å². The Kier molecular flexibility index (Phi) is 4.28. The number of thioether (sulfide) groups is 1. The van der Waals surface area contributed by atoms with Crippen LogP contribution in [0.25, 0.3) is 0 Å². The molecule has 1 atom stereocenters. The Morgan fingerprint density at radius 3 is 2.85 bits per heavy atom. The monoisotopic (exact) mass is 318 g/mol. The minimum atomic E-state index is -3.31. The first kappa shape index (κ1) is 15.2. The molecule has 2 N–H and O–H groups in total. The summed E-state index contributed by atoms with van der Waals surface area (Å²) in [5.41, 5.74) is 6.06. The second-order valence-electron chi connectivity index (χ2n) is 4.55. The van der Waals surface area contributed by atoms with Gasteiger partial charge in [-0.2, -0.15) is 16.9 Å². The predicted octanol–water partition coefficient (Wildman–Crippen LogP) is -0.0479. The summed E-state index contributed by atoms with van der Waals surface area (Å²) in [5.74, 6) is 1.03. The van der Waals surface area contributed by atoms with Crippen molar-refractivity contribution in [3.05, 3.63) is 11.8 Å². The van der Waals surface area contributed by atoms with E-state index in [0.717, 1.165) is 5.75 Å². The average Bonchev–Trinajstić information content (AvgIpc) is 2.78. The number of aryl methyl sites for hydroxylation is 1. The van der Waals surface area contributed by atoms with E-state index in [4.69, 9.17) is 5.73 Å². The van der Waals surface area contributed by atoms with E-state index in [9.17, 15) is 13.2 Å². The van der Waals surface area contributed by atoms with Gasteiger partial charge in [0.15, 0.2) is 9.84 Å². The quantitative estimate of drug-likeness (QED) is 0.839. The maximum atomic E-state index is 12.5. The summed E-state index contributed by atoms with van der Waals surface area (Å²) in [6.45, 7) is 2.00. The van der Waals surface area contributed by atoms with Crippen molar-refractivity contribution in [2.45, 2.75) is 12.3 Å². The Morgan fingerprint density at radius 1 is 1.60 bits per heavy atom. The second-order valence-corrected chi connectivity index (χ2v) is 8.14. The highest BCUT2D eigenvalue weighted by atomic mass is 32.2. The third kappa shape index (κ3) is 2.64. The molecule has 1 saturated heterocycles. The highest BCUT2D eigenvalue weighted by molar-refractivity contribution is 8.01. The maximum absolute atomic E-state index is 12.5. The van der Waals surface area contributed by atoms with Crippen molar-refractivity contribution < 1.29 is 13.2 Å². The maximum Gasteiger partial charge on any atom is 0.260 e. The predicted molar refractivity (Wildman–Crippen MR) is 79.2 cm³/mol. The Balaban J connectivity index is 2.33. The zero-order valence-electron chi connectivity index (χ0n) is 11.4. The lowest BCUT2D eigenvalue weighted by Crippen LogP contribution is -2.50. The molecule has 0 bridgehead atoms. The van der Waals surface area contributed by atoms with Crippen molar-refractivity contribution in [1.29, 1.82) is 0 Å². The summed E-state index contributed by atoms with van der Waals surface area (Å²) in [6, 6.07) is 0. The molecule has 0 spiro atoms. The van der Waals surface area contributed by atoms with Crippen LogP contribution < -0.4 is 5.73 Å². The number of anilines is 1. The minimum Gasteiger partial charge on any atom is -0.383 e. The van der Waals surface area contributed by atoms with Gasteiger partial charge >= 0.3 is 0 Å². The van der Waals surface area contributed by atoms with Gasteiger partial charge in [0.05, 0.1) is 6.20 Å². The Hall–Kier alpha value is -1.22. The van der Waals surface area contributed by atoms with Crippen LogP contribution in [0.15, 0.2) is 6.20 Å². The molecule has 20 heavy (non-hydrogen) atoms. The zero-order chi connectivity index (χ0) is 14.9. The van der Waals surface area contributed by atoms with Crippen molar-refractivity contribution in [2.75, 3.05) is 29.5 Å². The van der Waals surface area contributed by atoms with E-state index in [1.54, 1.807) is 25.7 Å². The molecule has 0 radical (unpaired) electrons. The number of carbonyl (C=O) groups excluding carboxylic acids is 1. The summed E-state index contributed by atoms with van der Waals surface area (Å²) < 4.78 is 25.7. The van der Waals surface area contributed by atoms with Crippen molar-refractivity contribution in [3.8, 4) is 0 Å². The number of nitrogen functional groups attached to an aromatic ring is 1. The smallest absolute Gasteiger partial charge is 0.260 e. The Morgan fingerprint density at radius 2 is 2.30 bits per heavy atom. The third-order valence-electron chi connectivity index (χ3n) is 3.38. The molecule has 1 aliphatic heterocycles. The Labute approximate surface area is 122 Å². The fourth-order valence-corrected chi connectivity index (χ4v) is 5.04. The summed E-state index contributed by atoms with van der Waals surface area (Å²) in [7, 11) is -1.68. The van der Waals surface area contributed by atoms with Gasteiger partial charge in [0.25, 0.3) is 5.91 Å². The van der Waals surface area contributed by atoms with Gasteiger partial charge in [-0.05, 0) is 0 Å². The van der Waals surface area contributed by atoms with Crippen LogP contribution in [-0.4, -0.2) is 58.2 Å². The molecule has 1 amide bonds. The first-order valence-corrected chi connectivity index (χ1v) is 9.13. The van der Waals surface area contributed by atoms with Gasteiger partial charge in [0.2, 0.25) is 0 Å². The van der Waals surface area contributed by atoms with Crippen LogP contribution in [0.4, 0.5) is 5.82 Å². The first-order valence-electron chi connectivity index (χ1n) is 6.26. The van der Waals surface area contributed by atoms with Crippen LogP contribution in [0.3, 0.4) is 0 Å². The molecule has 0 saturated carbocycles. The fourth-order valence-electron chi connectivity index (χ4n) is 2.07. The number of nitrogens with two attached hydrogens (primary N) is 1. The largest absolute Gasteiger partial charge is 0.383 e. The number of amides is 1. The van der Waals surface area contributed by atoms with Crippen molar-refractivity contribution in [3.63, 3.8) is 0 Å². The topological polar surface area (TPSA) is 98.3 Å². The number of carbonyl (C=O) groups is 1. The van der Waals surface area contributed by atoms with E-state index in [0.29, 0.717) is 12.3 Å². The number of aromatic nitrogens is 2. The number of nitrogens with zero attached hydrogens (tertiary/aromatic N) is 3. The molecule has 1 fully saturated rings. The van der Waals surface area contributed by atoms with Crippen molar-refractivity contribution in [2.24, 2.45) is 7.05 Å². The van der Waals surface area contributed by atoms with Crippen molar-refractivity contribution >= 4 is 33.3 Å². The van der Waals surface area contributed by atoms with Crippen LogP contribution in [0, 0.1) is 0 Å². The Bertz CT molecular complexity index is 611. The van der Waals surface area contributed by atoms with Gasteiger partial charge in [-0.25, -0.2) is 8.42 Å². The molecule has 112 valence electrons. The van der Waals surface area contributed by atoms with E-state index >= 15 is 0 Å². The van der Waals surface area contributed by atoms with Crippen LogP contribution in [0.5, 0.6) is 0 Å². The molecule has 9 heteroatoms. The second kappa shape index (κ2) is 5.65. The van der Waals surface area contributed by atoms with Gasteiger partial charge in [-0.3, -0.25) is 9.48 Å². The zero-order valence-corrected chi connectivity index (χ0v) is 13.1. The molecule has 2 heterocycles. The molecule has 1 aliphatic rings. The standard InChI is InChI=1S/C11H18N4O3S2/c1-3-20(17,18)9-7-19-5-4-15(9)11(16)8-6-13-14(2)10(8)12/h6,9H,3-5,7,12H2,1-2H3. The van der Waals surface area contributed by atoms with E-state index in [1.165, 1.54) is 15.8 Å². The number of hydrogen-bond donors (Lipinski definition) is 1. The van der Waals surface area contributed by atoms with Gasteiger partial charge in [-0.1, -0.05) is 6.92 Å². The number of sulfone groups is 1. The minimum absolute atomic E-state index is 0.0184. The van der Waals surface area contributed by atoms with Gasteiger partial charge in [0.1, 0.15) is 16.8 Å². The average molecular weight is 318 g/mol. The summed E-state index contributed by atoms with van der Waals surface area (Å²) in [4.78, 5) is 13.9. The lowest BCUT2D eigenvalue weighted by atomic mass is 10.2. The number of rotatable bonds is 3. The molecule has 0 aromatic carbocycles. The molecular weight excluding hydrogens is 300 g/mol. The SMILES string of the molecule is CCS(=O)(=O)C1CSCCN1C(=O)c1cnn(C)c1N. The highest BCUT2D eigenvalue weighted by Crippen LogP contribution is 2.24. The van der Waals surface area contributed by atoms with Gasteiger partial charge < -0.3 is 10.6 Å². The fraction of sp³-hybridized carbons (Fsp3) is 0.636. The van der Waals surface area contributed by atoms with Gasteiger partial charge in [0, 0.05) is 30.9 Å². The van der Waals surface area contributed by atoms with E-state index in [2.05, 4.69) is 5.10 Å². The van der Waals surface area contributed by atoms with Crippen molar-refractivity contribution in [1.82, 2.24) is 14.7 Å². The normalized spacial score (nSPS) is 20.1. The highest BCUT2D eigenvalue weighted by Gasteiger charge is 2.37. The molecule has 1 unspecified atom stereocenters. The first-order chi connectivity index (χ1) is 9.38. The van der Waals surface area contributed by atoms with Crippen LogP contribution in [0.2, 0.25) is 0 Å². The van der Waals surface area contributed by atoms with Crippen LogP contribution in [0.1, 0.15) is 17.3 Å². The summed E-state index contributed by atoms with van der Waals surface area (Å²) >= 11 is 1.55. The lowest BCUT2D eigenvalue weighted by molar-refractivity contribution is 0.0750. The van der Waals surface area contributed by atoms with E-state index < -0.39 is 15.2 Å². The molecular formula is C11H18N4O3S2. The molecule has 7 nitrogen and oxygen atoms in total. The third-order valence-corrected chi connectivity index (χ3v) is 6.67. The molecule has 0 aliphatic carbocycles. The summed E-state index contributed by atoms with van der Waals surface area (Å²) in [5, 5.41) is 3.15. The molecule has 1 aromatic heterocycles. The van der Waals surface area contributed by atoms with Gasteiger partial charge in [-0.15, -0.1) is 0 Å². The molecule has 2 rings (SSSR count). The lowest BCUT2D eigenvalue weighted by Gasteiger charge is -2.34.